The van der Waals surface area contributed by atoms with Gasteiger partial charge in [-0.15, -0.1) is 0 Å². The van der Waals surface area contributed by atoms with E-state index in [0.717, 1.165) is 24.3 Å². The summed E-state index contributed by atoms with van der Waals surface area (Å²) in [5.74, 6) is 0.398. The number of ether oxygens (including phenoxy) is 5. The first-order valence-electron chi connectivity index (χ1n) is 10.6. The van der Waals surface area contributed by atoms with E-state index in [4.69, 9.17) is 23.7 Å². The Labute approximate surface area is 198 Å². The van der Waals surface area contributed by atoms with E-state index in [9.17, 15) is 22.8 Å². The Morgan fingerprint density at radius 1 is 0.943 bits per heavy atom. The van der Waals surface area contributed by atoms with E-state index in [2.05, 4.69) is 10.6 Å². The molecule has 2 saturated heterocycles. The second kappa shape index (κ2) is 10.0. The van der Waals surface area contributed by atoms with Crippen molar-refractivity contribution in [3.63, 3.8) is 0 Å². The molecule has 9 nitrogen and oxygen atoms in total. The van der Waals surface area contributed by atoms with Crippen molar-refractivity contribution in [2.75, 3.05) is 32.8 Å². The van der Waals surface area contributed by atoms with Crippen molar-refractivity contribution < 1.29 is 46.4 Å². The molecule has 4 rings (SSSR count). The van der Waals surface area contributed by atoms with Gasteiger partial charge in [-0.1, -0.05) is 0 Å². The molecular formula is C23H23F3N2O7. The summed E-state index contributed by atoms with van der Waals surface area (Å²) in [7, 11) is 2.97. The number of carbonyl (C=O) groups excluding carboxylic acids is 2. The highest BCUT2D eigenvalue weighted by Gasteiger charge is 2.50. The Kier molecular flexibility index (Phi) is 7.03. The van der Waals surface area contributed by atoms with Gasteiger partial charge in [-0.3, -0.25) is 10.1 Å². The Morgan fingerprint density at radius 2 is 1.57 bits per heavy atom. The van der Waals surface area contributed by atoms with Crippen molar-refractivity contribution in [2.45, 2.75) is 30.5 Å². The van der Waals surface area contributed by atoms with Crippen molar-refractivity contribution in [3.8, 4) is 11.5 Å². The van der Waals surface area contributed by atoms with Gasteiger partial charge in [0.25, 0.3) is 5.91 Å². The zero-order valence-electron chi connectivity index (χ0n) is 18.8. The van der Waals surface area contributed by atoms with E-state index in [1.165, 1.54) is 14.2 Å². The second-order valence-corrected chi connectivity index (χ2v) is 7.92. The summed E-state index contributed by atoms with van der Waals surface area (Å²) in [5.41, 5.74) is -0.376. The molecule has 0 spiro atoms. The molecule has 2 aliphatic heterocycles. The summed E-state index contributed by atoms with van der Waals surface area (Å²) in [5, 5.41) is 5.31. The lowest BCUT2D eigenvalue weighted by Gasteiger charge is -2.18. The molecule has 2 N–H and O–H groups in total. The number of alkyl halides is 3. The van der Waals surface area contributed by atoms with Gasteiger partial charge in [0.2, 0.25) is 0 Å². The molecule has 2 fully saturated rings. The van der Waals surface area contributed by atoms with Crippen molar-refractivity contribution in [2.24, 2.45) is 0 Å². The maximum absolute atomic E-state index is 12.7. The monoisotopic (exact) mass is 496 g/mol. The van der Waals surface area contributed by atoms with Crippen LogP contribution in [0.1, 0.15) is 15.9 Å². The number of hydrogen-bond donors (Lipinski definition) is 2. The summed E-state index contributed by atoms with van der Waals surface area (Å²) < 4.78 is 65.4. The zero-order chi connectivity index (χ0) is 25.2. The zero-order valence-corrected chi connectivity index (χ0v) is 18.8. The Morgan fingerprint density at radius 3 is 2.17 bits per heavy atom. The van der Waals surface area contributed by atoms with E-state index >= 15 is 0 Å². The highest BCUT2D eigenvalue weighted by atomic mass is 19.4. The molecule has 0 aliphatic carbocycles. The van der Waals surface area contributed by atoms with Crippen molar-refractivity contribution in [3.05, 3.63) is 53.6 Å². The molecule has 12 heteroatoms. The lowest BCUT2D eigenvalue weighted by Crippen LogP contribution is -2.44. The minimum Gasteiger partial charge on any atom is -0.497 e. The fourth-order valence-corrected chi connectivity index (χ4v) is 3.92. The predicted molar refractivity (Wildman–Crippen MR) is 116 cm³/mol. The minimum atomic E-state index is -4.49. The fourth-order valence-electron chi connectivity index (χ4n) is 3.92. The summed E-state index contributed by atoms with van der Waals surface area (Å²) in [6.07, 6.45) is -7.14. The van der Waals surface area contributed by atoms with Gasteiger partial charge in [0.05, 0.1) is 44.7 Å². The van der Waals surface area contributed by atoms with E-state index in [-0.39, 0.29) is 18.8 Å². The molecule has 4 atom stereocenters. The molecule has 0 aromatic heterocycles. The van der Waals surface area contributed by atoms with Gasteiger partial charge in [-0.25, -0.2) is 4.79 Å². The number of rotatable bonds is 6. The quantitative estimate of drug-likeness (QED) is 0.633. The molecule has 0 unspecified atom stereocenters. The number of hydrogen-bond acceptors (Lipinski definition) is 7. The summed E-state index contributed by atoms with van der Waals surface area (Å²) >= 11 is 0. The smallest absolute Gasteiger partial charge is 0.416 e. The standard InChI is InChI=1S/C23H23F3N2O7/c1-31-15-7-14(8-16(9-15)32-2)27-22(30)35-18-11-34-19-17(10-33-20(18)19)28-21(29)12-3-5-13(6-4-12)23(24,25)26/h3-9,17-20H,10-11H2,1-2H3,(H,27,30)(H,28,29)/t17-,18-,19-,20+/m0/s1. The Balaban J connectivity index is 1.32. The van der Waals surface area contributed by atoms with Crippen LogP contribution in [0.25, 0.3) is 0 Å². The number of methoxy groups -OCH3 is 2. The molecule has 2 aromatic carbocycles. The summed E-state index contributed by atoms with van der Waals surface area (Å²) in [6.45, 7) is 0.146. The number of fused-ring (bicyclic) bond motifs is 1. The van der Waals surface area contributed by atoms with Crippen LogP contribution in [0.4, 0.5) is 23.7 Å². The maximum Gasteiger partial charge on any atom is 0.416 e. The molecule has 0 radical (unpaired) electrons. The lowest BCUT2D eigenvalue weighted by molar-refractivity contribution is -0.137. The van der Waals surface area contributed by atoms with Crippen LogP contribution in [0.15, 0.2) is 42.5 Å². The molecule has 188 valence electrons. The predicted octanol–water partition coefficient (Wildman–Crippen LogP) is 3.24. The first-order valence-corrected chi connectivity index (χ1v) is 10.6. The lowest BCUT2D eigenvalue weighted by atomic mass is 10.1. The molecule has 2 aliphatic rings. The average molecular weight is 496 g/mol. The van der Waals surface area contributed by atoms with Gasteiger partial charge in [-0.05, 0) is 24.3 Å². The van der Waals surface area contributed by atoms with Crippen LogP contribution in [0, 0.1) is 0 Å². The number of nitrogens with one attached hydrogen (secondary N) is 2. The number of anilines is 1. The topological polar surface area (TPSA) is 104 Å². The molecule has 2 heterocycles. The first kappa shape index (κ1) is 24.6. The van der Waals surface area contributed by atoms with Crippen molar-refractivity contribution >= 4 is 17.7 Å². The van der Waals surface area contributed by atoms with E-state index in [1.807, 2.05) is 0 Å². The van der Waals surface area contributed by atoms with Gasteiger partial charge in [0.1, 0.15) is 23.7 Å². The highest BCUT2D eigenvalue weighted by Crippen LogP contribution is 2.31. The molecule has 0 saturated carbocycles. The van der Waals surface area contributed by atoms with Crippen LogP contribution in [-0.4, -0.2) is 63.8 Å². The molecule has 35 heavy (non-hydrogen) atoms. The van der Waals surface area contributed by atoms with E-state index in [1.54, 1.807) is 18.2 Å². The summed E-state index contributed by atoms with van der Waals surface area (Å²) in [6, 6.07) is 8.17. The number of carbonyl (C=O) groups is 2. The molecule has 0 bridgehead atoms. The SMILES string of the molecule is COc1cc(NC(=O)O[C@H]2CO[C@@H]3[C@@H]2OC[C@@H]3NC(=O)c2ccc(C(F)(F)F)cc2)cc(OC)c1. The molecule has 2 aromatic rings. The van der Waals surface area contributed by atoms with Gasteiger partial charge in [0, 0.05) is 23.8 Å². The van der Waals surface area contributed by atoms with Gasteiger partial charge < -0.3 is 29.0 Å². The van der Waals surface area contributed by atoms with Gasteiger partial charge in [-0.2, -0.15) is 13.2 Å². The second-order valence-electron chi connectivity index (χ2n) is 7.92. The third-order valence-electron chi connectivity index (χ3n) is 5.66. The Hall–Kier alpha value is -3.51. The largest absolute Gasteiger partial charge is 0.497 e. The third kappa shape index (κ3) is 5.60. The van der Waals surface area contributed by atoms with E-state index in [0.29, 0.717) is 17.2 Å². The third-order valence-corrected chi connectivity index (χ3v) is 5.66. The first-order chi connectivity index (χ1) is 16.7. The molecule has 2 amide bonds. The number of benzene rings is 2. The Bertz CT molecular complexity index is 1060. The van der Waals surface area contributed by atoms with E-state index < -0.39 is 48.1 Å². The highest BCUT2D eigenvalue weighted by molar-refractivity contribution is 5.94. The fraction of sp³-hybridized carbons (Fsp3) is 0.391. The molecular weight excluding hydrogens is 473 g/mol. The van der Waals surface area contributed by atoms with Crippen LogP contribution >= 0.6 is 0 Å². The summed E-state index contributed by atoms with van der Waals surface area (Å²) in [4.78, 5) is 24.9. The van der Waals surface area contributed by atoms with Crippen molar-refractivity contribution in [1.82, 2.24) is 5.32 Å². The average Bonchev–Trinajstić information content (AvgIpc) is 3.41. The number of amides is 2. The normalized spacial score (nSPS) is 23.3. The van der Waals surface area contributed by atoms with Crippen LogP contribution in [-0.2, 0) is 20.4 Å². The maximum atomic E-state index is 12.7. The minimum absolute atomic E-state index is 0.0524. The van der Waals surface area contributed by atoms with Crippen LogP contribution in [0.2, 0.25) is 0 Å². The van der Waals surface area contributed by atoms with Crippen LogP contribution in [0.5, 0.6) is 11.5 Å². The van der Waals surface area contributed by atoms with Gasteiger partial charge >= 0.3 is 12.3 Å². The van der Waals surface area contributed by atoms with Gasteiger partial charge in [0.15, 0.2) is 6.10 Å². The number of halogens is 3. The van der Waals surface area contributed by atoms with Crippen molar-refractivity contribution in [1.29, 1.82) is 0 Å². The van der Waals surface area contributed by atoms with Crippen LogP contribution < -0.4 is 20.1 Å². The van der Waals surface area contributed by atoms with Crippen LogP contribution in [0.3, 0.4) is 0 Å².